The molecule has 27 heavy (non-hydrogen) atoms. The molecule has 0 saturated carbocycles. The van der Waals surface area contributed by atoms with E-state index in [9.17, 15) is 4.79 Å². The molecular weight excluding hydrogens is 364 g/mol. The van der Waals surface area contributed by atoms with E-state index in [1.54, 1.807) is 0 Å². The number of carbonyl (C=O) groups is 1. The number of nitrogens with one attached hydrogen (secondary N) is 2. The number of benzene rings is 2. The summed E-state index contributed by atoms with van der Waals surface area (Å²) in [7, 11) is 0. The van der Waals surface area contributed by atoms with Gasteiger partial charge >= 0.3 is 0 Å². The summed E-state index contributed by atoms with van der Waals surface area (Å²) < 4.78 is 11.3. The van der Waals surface area contributed by atoms with Gasteiger partial charge in [-0.25, -0.2) is 0 Å². The SMILES string of the molecule is C[C@H]1OCCN[C@@H]1C(=O)NCc1cccc(COCc2ccccc2)c1.Cl. The second-order valence-corrected chi connectivity index (χ2v) is 6.52. The largest absolute Gasteiger partial charge is 0.375 e. The van der Waals surface area contributed by atoms with Crippen LogP contribution in [0.2, 0.25) is 0 Å². The van der Waals surface area contributed by atoms with Gasteiger partial charge in [0, 0.05) is 13.1 Å². The van der Waals surface area contributed by atoms with Crippen LogP contribution in [-0.2, 0) is 34.0 Å². The van der Waals surface area contributed by atoms with Crippen LogP contribution in [-0.4, -0.2) is 31.2 Å². The minimum Gasteiger partial charge on any atom is -0.375 e. The first-order valence-corrected chi connectivity index (χ1v) is 9.04. The molecule has 0 radical (unpaired) electrons. The van der Waals surface area contributed by atoms with Gasteiger partial charge < -0.3 is 20.1 Å². The number of ether oxygens (including phenoxy) is 2. The van der Waals surface area contributed by atoms with Gasteiger partial charge in [-0.3, -0.25) is 4.79 Å². The van der Waals surface area contributed by atoms with E-state index in [1.165, 1.54) is 0 Å². The second-order valence-electron chi connectivity index (χ2n) is 6.52. The van der Waals surface area contributed by atoms with Crippen LogP contribution in [0.1, 0.15) is 23.6 Å². The van der Waals surface area contributed by atoms with Crippen LogP contribution in [0.15, 0.2) is 54.6 Å². The Morgan fingerprint density at radius 1 is 1.11 bits per heavy atom. The van der Waals surface area contributed by atoms with Crippen molar-refractivity contribution < 1.29 is 14.3 Å². The van der Waals surface area contributed by atoms with Crippen LogP contribution in [0.5, 0.6) is 0 Å². The molecule has 1 aliphatic rings. The topological polar surface area (TPSA) is 59.6 Å². The average Bonchev–Trinajstić information content (AvgIpc) is 2.68. The van der Waals surface area contributed by atoms with Crippen LogP contribution in [0.25, 0.3) is 0 Å². The van der Waals surface area contributed by atoms with Crippen LogP contribution in [0, 0.1) is 0 Å². The molecule has 5 nitrogen and oxygen atoms in total. The number of hydrogen-bond donors (Lipinski definition) is 2. The number of carbonyl (C=O) groups excluding carboxylic acids is 1. The van der Waals surface area contributed by atoms with Crippen molar-refractivity contribution in [2.24, 2.45) is 0 Å². The molecule has 0 spiro atoms. The molecule has 0 bridgehead atoms. The molecule has 3 rings (SSSR count). The number of hydrogen-bond acceptors (Lipinski definition) is 4. The third-order valence-electron chi connectivity index (χ3n) is 4.44. The highest BCUT2D eigenvalue weighted by atomic mass is 35.5. The maximum atomic E-state index is 12.3. The van der Waals surface area contributed by atoms with Gasteiger partial charge in [0.25, 0.3) is 0 Å². The highest BCUT2D eigenvalue weighted by Crippen LogP contribution is 2.10. The van der Waals surface area contributed by atoms with Crippen LogP contribution >= 0.6 is 12.4 Å². The fourth-order valence-electron chi connectivity index (χ4n) is 3.02. The first kappa shape index (κ1) is 21.4. The summed E-state index contributed by atoms with van der Waals surface area (Å²) in [5.41, 5.74) is 3.32. The lowest BCUT2D eigenvalue weighted by Gasteiger charge is -2.29. The quantitative estimate of drug-likeness (QED) is 0.763. The van der Waals surface area contributed by atoms with Gasteiger partial charge in [-0.05, 0) is 23.6 Å². The van der Waals surface area contributed by atoms with E-state index in [-0.39, 0.29) is 30.5 Å². The van der Waals surface area contributed by atoms with Crippen molar-refractivity contribution in [1.82, 2.24) is 10.6 Å². The molecule has 1 saturated heterocycles. The molecule has 2 N–H and O–H groups in total. The molecule has 2 aromatic rings. The molecule has 0 unspecified atom stereocenters. The van der Waals surface area contributed by atoms with Gasteiger partial charge in [-0.1, -0.05) is 54.6 Å². The van der Waals surface area contributed by atoms with Crippen molar-refractivity contribution in [1.29, 1.82) is 0 Å². The molecule has 1 amide bonds. The first-order valence-electron chi connectivity index (χ1n) is 9.04. The minimum atomic E-state index is -0.291. The van der Waals surface area contributed by atoms with Crippen LogP contribution in [0.4, 0.5) is 0 Å². The van der Waals surface area contributed by atoms with Crippen LogP contribution < -0.4 is 10.6 Å². The zero-order chi connectivity index (χ0) is 18.2. The summed E-state index contributed by atoms with van der Waals surface area (Å²) in [5.74, 6) is -0.0251. The van der Waals surface area contributed by atoms with Crippen LogP contribution in [0.3, 0.4) is 0 Å². The summed E-state index contributed by atoms with van der Waals surface area (Å²) in [6, 6.07) is 17.9. The lowest BCUT2D eigenvalue weighted by Crippen LogP contribution is -2.55. The highest BCUT2D eigenvalue weighted by Gasteiger charge is 2.27. The van der Waals surface area contributed by atoms with Crippen molar-refractivity contribution >= 4 is 18.3 Å². The molecule has 0 aromatic heterocycles. The Kier molecular flexibility index (Phi) is 8.75. The predicted molar refractivity (Wildman–Crippen MR) is 108 cm³/mol. The third kappa shape index (κ3) is 6.63. The lowest BCUT2D eigenvalue weighted by molar-refractivity contribution is -0.129. The summed E-state index contributed by atoms with van der Waals surface area (Å²) in [6.45, 7) is 4.91. The first-order chi connectivity index (χ1) is 12.7. The van der Waals surface area contributed by atoms with E-state index >= 15 is 0 Å². The minimum absolute atomic E-state index is 0. The van der Waals surface area contributed by atoms with Gasteiger partial charge in [0.1, 0.15) is 6.04 Å². The summed E-state index contributed by atoms with van der Waals surface area (Å²) in [6.07, 6.45) is -0.110. The maximum absolute atomic E-state index is 12.3. The number of morpholine rings is 1. The smallest absolute Gasteiger partial charge is 0.240 e. The molecule has 6 heteroatoms. The summed E-state index contributed by atoms with van der Waals surface area (Å²) in [5, 5.41) is 6.19. The molecule has 1 heterocycles. The number of amides is 1. The number of rotatable bonds is 7. The highest BCUT2D eigenvalue weighted by molar-refractivity contribution is 5.85. The van der Waals surface area contributed by atoms with E-state index in [2.05, 4.69) is 28.8 Å². The maximum Gasteiger partial charge on any atom is 0.240 e. The zero-order valence-corrected chi connectivity index (χ0v) is 16.3. The van der Waals surface area contributed by atoms with Gasteiger partial charge in [0.15, 0.2) is 0 Å². The average molecular weight is 391 g/mol. The summed E-state index contributed by atoms with van der Waals surface area (Å²) in [4.78, 5) is 12.3. The second kappa shape index (κ2) is 11.0. The van der Waals surface area contributed by atoms with Crippen molar-refractivity contribution in [2.45, 2.75) is 38.8 Å². The number of halogens is 1. The molecule has 2 atom stereocenters. The lowest BCUT2D eigenvalue weighted by atomic mass is 10.1. The van der Waals surface area contributed by atoms with Gasteiger partial charge in [0.2, 0.25) is 5.91 Å². The summed E-state index contributed by atoms with van der Waals surface area (Å²) >= 11 is 0. The molecular formula is C21H27ClN2O3. The third-order valence-corrected chi connectivity index (χ3v) is 4.44. The molecule has 2 aromatic carbocycles. The Morgan fingerprint density at radius 3 is 2.59 bits per heavy atom. The van der Waals surface area contributed by atoms with Crippen molar-refractivity contribution in [3.8, 4) is 0 Å². The molecule has 1 fully saturated rings. The van der Waals surface area contributed by atoms with E-state index in [0.29, 0.717) is 32.9 Å². The Hall–Kier alpha value is -1.92. The molecule has 146 valence electrons. The Balaban J connectivity index is 0.00000261. The van der Waals surface area contributed by atoms with E-state index in [4.69, 9.17) is 9.47 Å². The Labute approximate surface area is 166 Å². The van der Waals surface area contributed by atoms with E-state index < -0.39 is 0 Å². The monoisotopic (exact) mass is 390 g/mol. The Morgan fingerprint density at radius 2 is 1.81 bits per heavy atom. The van der Waals surface area contributed by atoms with Crippen molar-refractivity contribution in [3.05, 3.63) is 71.3 Å². The normalized spacial score (nSPS) is 19.1. The van der Waals surface area contributed by atoms with Gasteiger partial charge in [0.05, 0.1) is 25.9 Å². The standard InChI is InChI=1S/C21H26N2O3.ClH/c1-16-20(22-10-11-26-16)21(24)23-13-18-8-5-9-19(12-18)15-25-14-17-6-3-2-4-7-17;/h2-9,12,16,20,22H,10-11,13-15H2,1H3,(H,23,24);1H/t16-,20+;/m1./s1. The Bertz CT molecular complexity index is 712. The van der Waals surface area contributed by atoms with Gasteiger partial charge in [-0.2, -0.15) is 0 Å². The van der Waals surface area contributed by atoms with E-state index in [1.807, 2.05) is 43.3 Å². The zero-order valence-electron chi connectivity index (χ0n) is 15.5. The van der Waals surface area contributed by atoms with Gasteiger partial charge in [-0.15, -0.1) is 12.4 Å². The predicted octanol–water partition coefficient (Wildman–Crippen LogP) is 2.82. The van der Waals surface area contributed by atoms with Crippen molar-refractivity contribution in [2.75, 3.05) is 13.2 Å². The molecule has 1 aliphatic heterocycles. The fraction of sp³-hybridized carbons (Fsp3) is 0.381. The van der Waals surface area contributed by atoms with E-state index in [0.717, 1.165) is 16.7 Å². The fourth-order valence-corrected chi connectivity index (χ4v) is 3.02. The molecule has 0 aliphatic carbocycles. The van der Waals surface area contributed by atoms with Crippen molar-refractivity contribution in [3.63, 3.8) is 0 Å².